The zero-order valence-corrected chi connectivity index (χ0v) is 18.0. The van der Waals surface area contributed by atoms with Gasteiger partial charge in [0.1, 0.15) is 0 Å². The fourth-order valence-electron chi connectivity index (χ4n) is 3.60. The third kappa shape index (κ3) is 5.36. The molecular weight excluding hydrogens is 388 g/mol. The van der Waals surface area contributed by atoms with E-state index in [1.165, 1.54) is 10.6 Å². The van der Waals surface area contributed by atoms with E-state index < -0.39 is 10.0 Å². The van der Waals surface area contributed by atoms with Crippen molar-refractivity contribution >= 4 is 21.6 Å². The Bertz CT molecular complexity index is 945. The molecule has 0 saturated carbocycles. The average molecular weight is 417 g/mol. The lowest BCUT2D eigenvalue weighted by atomic mass is 10.1. The van der Waals surface area contributed by atoms with Gasteiger partial charge in [-0.25, -0.2) is 8.42 Å². The predicted octanol–water partition coefficient (Wildman–Crippen LogP) is 3.18. The van der Waals surface area contributed by atoms with Crippen molar-refractivity contribution in [2.45, 2.75) is 39.3 Å². The van der Waals surface area contributed by atoms with Crippen LogP contribution in [0.25, 0.3) is 0 Å². The van der Waals surface area contributed by atoms with Gasteiger partial charge in [-0.3, -0.25) is 9.10 Å². The van der Waals surface area contributed by atoms with Crippen LogP contribution in [0.5, 0.6) is 0 Å². The van der Waals surface area contributed by atoms with Gasteiger partial charge in [0.05, 0.1) is 24.6 Å². The van der Waals surface area contributed by atoms with E-state index in [0.29, 0.717) is 17.8 Å². The van der Waals surface area contributed by atoms with Crippen molar-refractivity contribution in [2.24, 2.45) is 0 Å². The summed E-state index contributed by atoms with van der Waals surface area (Å²) in [4.78, 5) is 12.3. The van der Waals surface area contributed by atoms with Crippen LogP contribution in [0.1, 0.15) is 39.9 Å². The van der Waals surface area contributed by atoms with Gasteiger partial charge < -0.3 is 10.1 Å². The first-order chi connectivity index (χ1) is 13.8. The average Bonchev–Trinajstić information content (AvgIpc) is 3.18. The maximum Gasteiger partial charge on any atom is 0.251 e. The smallest absolute Gasteiger partial charge is 0.251 e. The molecule has 1 atom stereocenters. The molecule has 0 spiro atoms. The molecule has 156 valence electrons. The number of nitrogens with one attached hydrogen (secondary N) is 1. The lowest BCUT2D eigenvalue weighted by molar-refractivity contribution is 0.0858. The molecular formula is C22H28N2O4S. The maximum atomic E-state index is 12.5. The number of nitrogens with zero attached hydrogens (tertiary/aromatic N) is 1. The van der Waals surface area contributed by atoms with Crippen molar-refractivity contribution in [1.29, 1.82) is 0 Å². The number of carbonyl (C=O) groups is 1. The Kier molecular flexibility index (Phi) is 6.59. The molecule has 1 N–H and O–H groups in total. The van der Waals surface area contributed by atoms with Crippen LogP contribution in [0.15, 0.2) is 42.5 Å². The molecule has 7 heteroatoms. The number of sulfonamides is 1. The fraction of sp³-hybridized carbons (Fsp3) is 0.409. The molecule has 2 aromatic carbocycles. The third-order valence-corrected chi connectivity index (χ3v) is 6.26. The zero-order chi connectivity index (χ0) is 21.0. The van der Waals surface area contributed by atoms with Crippen LogP contribution in [-0.2, 0) is 21.3 Å². The number of aryl methyl sites for hydroxylation is 2. The third-order valence-electron chi connectivity index (χ3n) is 5.15. The van der Waals surface area contributed by atoms with E-state index in [2.05, 4.69) is 5.32 Å². The molecule has 1 fully saturated rings. The van der Waals surface area contributed by atoms with Crippen LogP contribution < -0.4 is 9.62 Å². The highest BCUT2D eigenvalue weighted by Gasteiger charge is 2.22. The number of hydrogen-bond donors (Lipinski definition) is 1. The largest absolute Gasteiger partial charge is 0.376 e. The van der Waals surface area contributed by atoms with E-state index in [1.54, 1.807) is 24.3 Å². The van der Waals surface area contributed by atoms with Gasteiger partial charge >= 0.3 is 0 Å². The second-order valence-electron chi connectivity index (χ2n) is 7.55. The van der Waals surface area contributed by atoms with Gasteiger partial charge in [0, 0.05) is 18.7 Å². The minimum Gasteiger partial charge on any atom is -0.376 e. The molecule has 1 aliphatic heterocycles. The normalized spacial score (nSPS) is 16.6. The summed E-state index contributed by atoms with van der Waals surface area (Å²) in [6.45, 7) is 5.29. The van der Waals surface area contributed by atoms with Crippen LogP contribution in [0.2, 0.25) is 0 Å². The Morgan fingerprint density at radius 3 is 2.34 bits per heavy atom. The fourth-order valence-corrected chi connectivity index (χ4v) is 4.61. The summed E-state index contributed by atoms with van der Waals surface area (Å²) < 4.78 is 31.9. The lowest BCUT2D eigenvalue weighted by Crippen LogP contribution is -2.32. The molecule has 1 heterocycles. The topological polar surface area (TPSA) is 75.7 Å². The van der Waals surface area contributed by atoms with E-state index in [4.69, 9.17) is 4.74 Å². The van der Waals surface area contributed by atoms with Crippen LogP contribution in [0, 0.1) is 13.8 Å². The summed E-state index contributed by atoms with van der Waals surface area (Å²) in [6, 6.07) is 12.8. The first-order valence-corrected chi connectivity index (χ1v) is 11.6. The number of benzene rings is 2. The van der Waals surface area contributed by atoms with E-state index in [-0.39, 0.29) is 18.6 Å². The first kappa shape index (κ1) is 21.3. The van der Waals surface area contributed by atoms with Gasteiger partial charge in [-0.15, -0.1) is 0 Å². The molecule has 3 rings (SSSR count). The summed E-state index contributed by atoms with van der Waals surface area (Å²) in [7, 11) is -3.47. The minimum absolute atomic E-state index is 0.0962. The molecule has 0 unspecified atom stereocenters. The summed E-state index contributed by atoms with van der Waals surface area (Å²) in [5, 5.41) is 2.90. The monoisotopic (exact) mass is 416 g/mol. The molecule has 6 nitrogen and oxygen atoms in total. The van der Waals surface area contributed by atoms with Crippen molar-refractivity contribution in [3.05, 3.63) is 64.7 Å². The minimum atomic E-state index is -3.47. The molecule has 0 aromatic heterocycles. The van der Waals surface area contributed by atoms with E-state index in [1.807, 2.05) is 32.0 Å². The van der Waals surface area contributed by atoms with Gasteiger partial charge in [0.15, 0.2) is 0 Å². The molecule has 29 heavy (non-hydrogen) atoms. The Labute approximate surface area is 172 Å². The van der Waals surface area contributed by atoms with Crippen LogP contribution in [0.4, 0.5) is 5.69 Å². The first-order valence-electron chi connectivity index (χ1n) is 9.78. The number of carbonyl (C=O) groups excluding carboxylic acids is 1. The van der Waals surface area contributed by atoms with Crippen molar-refractivity contribution in [2.75, 3.05) is 23.7 Å². The molecule has 1 aliphatic rings. The quantitative estimate of drug-likeness (QED) is 0.752. The highest BCUT2D eigenvalue weighted by molar-refractivity contribution is 7.92. The summed E-state index contributed by atoms with van der Waals surface area (Å²) in [6.07, 6.45) is 3.32. The van der Waals surface area contributed by atoms with Crippen LogP contribution in [-0.4, -0.2) is 39.8 Å². The Morgan fingerprint density at radius 2 is 1.79 bits per heavy atom. The predicted molar refractivity (Wildman–Crippen MR) is 115 cm³/mol. The molecule has 0 bridgehead atoms. The molecule has 0 aliphatic carbocycles. The lowest BCUT2D eigenvalue weighted by Gasteiger charge is -2.26. The van der Waals surface area contributed by atoms with Gasteiger partial charge in [-0.2, -0.15) is 0 Å². The Morgan fingerprint density at radius 1 is 1.14 bits per heavy atom. The van der Waals surface area contributed by atoms with Gasteiger partial charge in [0.2, 0.25) is 10.0 Å². The molecule has 2 aromatic rings. The second kappa shape index (κ2) is 8.97. The highest BCUT2D eigenvalue weighted by atomic mass is 32.2. The number of hydrogen-bond acceptors (Lipinski definition) is 4. The molecule has 1 saturated heterocycles. The number of amides is 1. The van der Waals surface area contributed by atoms with Gasteiger partial charge in [-0.1, -0.05) is 30.3 Å². The van der Waals surface area contributed by atoms with E-state index in [0.717, 1.165) is 36.1 Å². The van der Waals surface area contributed by atoms with E-state index in [9.17, 15) is 13.2 Å². The summed E-state index contributed by atoms with van der Waals surface area (Å²) in [5.74, 6) is -0.151. The second-order valence-corrected chi connectivity index (χ2v) is 9.46. The standard InChI is InChI=1S/C22H28N2O4S/c1-16-6-4-7-17(2)21(16)24(29(3,26)27)15-18-9-11-19(12-10-18)22(25)23-14-20-8-5-13-28-20/h4,6-7,9-12,20H,5,8,13-15H2,1-3H3,(H,23,25)/t20-/m1/s1. The number of para-hydroxylation sites is 1. The summed E-state index contributed by atoms with van der Waals surface area (Å²) >= 11 is 0. The van der Waals surface area contributed by atoms with Gasteiger partial charge in [0.25, 0.3) is 5.91 Å². The molecule has 0 radical (unpaired) electrons. The maximum absolute atomic E-state index is 12.5. The Hall–Kier alpha value is -2.38. The van der Waals surface area contributed by atoms with Crippen LogP contribution >= 0.6 is 0 Å². The summed E-state index contributed by atoms with van der Waals surface area (Å²) in [5.41, 5.74) is 3.87. The number of rotatable bonds is 7. The zero-order valence-electron chi connectivity index (χ0n) is 17.1. The van der Waals surface area contributed by atoms with Crippen molar-refractivity contribution in [1.82, 2.24) is 5.32 Å². The SMILES string of the molecule is Cc1cccc(C)c1N(Cc1ccc(C(=O)NC[C@H]2CCCO2)cc1)S(C)(=O)=O. The Balaban J connectivity index is 1.73. The van der Waals surface area contributed by atoms with E-state index >= 15 is 0 Å². The number of ether oxygens (including phenoxy) is 1. The van der Waals surface area contributed by atoms with Crippen molar-refractivity contribution in [3.8, 4) is 0 Å². The molecule has 1 amide bonds. The van der Waals surface area contributed by atoms with Crippen molar-refractivity contribution in [3.63, 3.8) is 0 Å². The van der Waals surface area contributed by atoms with Crippen molar-refractivity contribution < 1.29 is 17.9 Å². The number of anilines is 1. The highest BCUT2D eigenvalue weighted by Crippen LogP contribution is 2.28. The van der Waals surface area contributed by atoms with Crippen LogP contribution in [0.3, 0.4) is 0 Å². The van der Waals surface area contributed by atoms with Gasteiger partial charge in [-0.05, 0) is 55.5 Å².